The Kier molecular flexibility index (Phi) is 2.62. The Morgan fingerprint density at radius 2 is 2.39 bits per heavy atom. The SMILES string of the molecule is N#Cc1ccc2[nH]cc(C(=O)C3CCCO3)c2c1. The molecule has 1 fully saturated rings. The number of fused-ring (bicyclic) bond motifs is 1. The van der Waals surface area contributed by atoms with Gasteiger partial charge in [0, 0.05) is 29.3 Å². The van der Waals surface area contributed by atoms with Crippen LogP contribution < -0.4 is 0 Å². The van der Waals surface area contributed by atoms with Crippen molar-refractivity contribution >= 4 is 16.7 Å². The number of rotatable bonds is 2. The molecule has 0 radical (unpaired) electrons. The molecule has 18 heavy (non-hydrogen) atoms. The molecule has 0 saturated carbocycles. The van der Waals surface area contributed by atoms with Gasteiger partial charge in [0.25, 0.3) is 0 Å². The highest BCUT2D eigenvalue weighted by Crippen LogP contribution is 2.24. The fourth-order valence-electron chi connectivity index (χ4n) is 2.35. The molecule has 90 valence electrons. The molecule has 2 heterocycles. The van der Waals surface area contributed by atoms with Crippen LogP contribution in [-0.4, -0.2) is 23.5 Å². The van der Waals surface area contributed by atoms with E-state index in [2.05, 4.69) is 11.1 Å². The number of benzene rings is 1. The van der Waals surface area contributed by atoms with Gasteiger partial charge in [-0.05, 0) is 31.0 Å². The van der Waals surface area contributed by atoms with E-state index in [1.165, 1.54) is 0 Å². The van der Waals surface area contributed by atoms with Gasteiger partial charge in [-0.3, -0.25) is 4.79 Å². The van der Waals surface area contributed by atoms with Crippen LogP contribution in [0.2, 0.25) is 0 Å². The molecule has 1 N–H and O–H groups in total. The van der Waals surface area contributed by atoms with Crippen molar-refractivity contribution in [2.45, 2.75) is 18.9 Å². The van der Waals surface area contributed by atoms with Crippen LogP contribution >= 0.6 is 0 Å². The Labute approximate surface area is 104 Å². The maximum absolute atomic E-state index is 12.3. The Morgan fingerprint density at radius 3 is 3.11 bits per heavy atom. The molecule has 1 aromatic carbocycles. The van der Waals surface area contributed by atoms with Gasteiger partial charge in [0.15, 0.2) is 5.78 Å². The quantitative estimate of drug-likeness (QED) is 0.820. The van der Waals surface area contributed by atoms with Gasteiger partial charge in [0.2, 0.25) is 0 Å². The topological polar surface area (TPSA) is 65.9 Å². The van der Waals surface area contributed by atoms with E-state index in [1.807, 2.05) is 6.07 Å². The maximum Gasteiger partial charge on any atom is 0.193 e. The number of aromatic nitrogens is 1. The minimum absolute atomic E-state index is 0.00818. The predicted octanol–water partition coefficient (Wildman–Crippen LogP) is 2.40. The lowest BCUT2D eigenvalue weighted by Gasteiger charge is -2.06. The third-order valence-electron chi connectivity index (χ3n) is 3.30. The molecule has 1 unspecified atom stereocenters. The van der Waals surface area contributed by atoms with Gasteiger partial charge in [-0.25, -0.2) is 0 Å². The number of aromatic amines is 1. The third kappa shape index (κ3) is 1.69. The Hall–Kier alpha value is -2.12. The zero-order valence-corrected chi connectivity index (χ0v) is 9.77. The van der Waals surface area contributed by atoms with E-state index in [9.17, 15) is 4.79 Å². The van der Waals surface area contributed by atoms with E-state index in [-0.39, 0.29) is 11.9 Å². The van der Waals surface area contributed by atoms with Gasteiger partial charge in [0.05, 0.1) is 11.6 Å². The van der Waals surface area contributed by atoms with Gasteiger partial charge in [-0.2, -0.15) is 5.26 Å². The Balaban J connectivity index is 2.06. The van der Waals surface area contributed by atoms with Crippen LogP contribution in [0.5, 0.6) is 0 Å². The summed E-state index contributed by atoms with van der Waals surface area (Å²) in [6.45, 7) is 0.655. The highest BCUT2D eigenvalue weighted by Gasteiger charge is 2.26. The third-order valence-corrected chi connectivity index (χ3v) is 3.30. The number of ketones is 1. The lowest BCUT2D eigenvalue weighted by molar-refractivity contribution is 0.0644. The number of carbonyl (C=O) groups excluding carboxylic acids is 1. The van der Waals surface area contributed by atoms with Crippen molar-refractivity contribution in [3.8, 4) is 6.07 Å². The number of nitrogens with one attached hydrogen (secondary N) is 1. The average Bonchev–Trinajstić information content (AvgIpc) is 3.06. The molecule has 0 amide bonds. The van der Waals surface area contributed by atoms with Crippen LogP contribution in [0.25, 0.3) is 10.9 Å². The smallest absolute Gasteiger partial charge is 0.193 e. The van der Waals surface area contributed by atoms with Gasteiger partial charge in [0.1, 0.15) is 6.10 Å². The molecule has 1 atom stereocenters. The second-order valence-electron chi connectivity index (χ2n) is 4.44. The molecule has 4 nitrogen and oxygen atoms in total. The molecule has 1 aliphatic heterocycles. The van der Waals surface area contributed by atoms with Gasteiger partial charge in [-0.15, -0.1) is 0 Å². The highest BCUT2D eigenvalue weighted by atomic mass is 16.5. The van der Waals surface area contributed by atoms with Crippen molar-refractivity contribution in [1.82, 2.24) is 4.98 Å². The molecule has 0 spiro atoms. The van der Waals surface area contributed by atoms with Crippen LogP contribution in [0, 0.1) is 11.3 Å². The second kappa shape index (κ2) is 4.28. The highest BCUT2D eigenvalue weighted by molar-refractivity contribution is 6.10. The molecule has 1 aliphatic rings. The van der Waals surface area contributed by atoms with Crippen LogP contribution in [-0.2, 0) is 4.74 Å². The lowest BCUT2D eigenvalue weighted by atomic mass is 10.0. The van der Waals surface area contributed by atoms with Crippen LogP contribution in [0.15, 0.2) is 24.4 Å². The van der Waals surface area contributed by atoms with E-state index in [0.29, 0.717) is 17.7 Å². The molecular formula is C14H12N2O2. The van der Waals surface area contributed by atoms with Crippen molar-refractivity contribution in [2.24, 2.45) is 0 Å². The summed E-state index contributed by atoms with van der Waals surface area (Å²) in [4.78, 5) is 15.4. The van der Waals surface area contributed by atoms with E-state index in [0.717, 1.165) is 23.7 Å². The molecule has 4 heteroatoms. The van der Waals surface area contributed by atoms with Gasteiger partial charge < -0.3 is 9.72 Å². The largest absolute Gasteiger partial charge is 0.370 e. The summed E-state index contributed by atoms with van der Waals surface area (Å²) in [5.74, 6) is 0.00818. The van der Waals surface area contributed by atoms with E-state index < -0.39 is 0 Å². The van der Waals surface area contributed by atoms with E-state index in [4.69, 9.17) is 10.00 Å². The summed E-state index contributed by atoms with van der Waals surface area (Å²) in [6, 6.07) is 7.39. The van der Waals surface area contributed by atoms with Crippen LogP contribution in [0.1, 0.15) is 28.8 Å². The number of nitriles is 1. The normalized spacial score (nSPS) is 18.9. The first-order chi connectivity index (χ1) is 8.79. The van der Waals surface area contributed by atoms with Crippen molar-refractivity contribution in [3.05, 3.63) is 35.5 Å². The summed E-state index contributed by atoms with van der Waals surface area (Å²) >= 11 is 0. The van der Waals surface area contributed by atoms with Gasteiger partial charge >= 0.3 is 0 Å². The fraction of sp³-hybridized carbons (Fsp3) is 0.286. The van der Waals surface area contributed by atoms with Crippen molar-refractivity contribution in [2.75, 3.05) is 6.61 Å². The predicted molar refractivity (Wildman–Crippen MR) is 66.3 cm³/mol. The summed E-state index contributed by atoms with van der Waals surface area (Å²) in [5, 5.41) is 9.71. The lowest BCUT2D eigenvalue weighted by Crippen LogP contribution is -2.19. The van der Waals surface area contributed by atoms with Gasteiger partial charge in [-0.1, -0.05) is 0 Å². The Bertz CT molecular complexity index is 645. The van der Waals surface area contributed by atoms with Crippen molar-refractivity contribution in [1.29, 1.82) is 5.26 Å². The minimum atomic E-state index is -0.324. The van der Waals surface area contributed by atoms with Crippen LogP contribution in [0.3, 0.4) is 0 Å². The molecular weight excluding hydrogens is 228 g/mol. The molecule has 3 rings (SSSR count). The summed E-state index contributed by atoms with van der Waals surface area (Å²) in [7, 11) is 0. The van der Waals surface area contributed by atoms with Crippen molar-refractivity contribution in [3.63, 3.8) is 0 Å². The Morgan fingerprint density at radius 1 is 1.50 bits per heavy atom. The molecule has 2 aromatic rings. The molecule has 0 aliphatic carbocycles. The monoisotopic (exact) mass is 240 g/mol. The standard InChI is InChI=1S/C14H12N2O2/c15-7-9-3-4-12-10(6-9)11(8-16-12)14(17)13-2-1-5-18-13/h3-4,6,8,13,16H,1-2,5H2. The number of H-pyrrole nitrogens is 1. The summed E-state index contributed by atoms with van der Waals surface area (Å²) in [6.07, 6.45) is 3.09. The first-order valence-corrected chi connectivity index (χ1v) is 5.96. The minimum Gasteiger partial charge on any atom is -0.370 e. The first kappa shape index (κ1) is 11.0. The zero-order chi connectivity index (χ0) is 12.5. The molecule has 1 saturated heterocycles. The second-order valence-corrected chi connectivity index (χ2v) is 4.44. The number of carbonyl (C=O) groups is 1. The molecule has 0 bridgehead atoms. The average molecular weight is 240 g/mol. The number of hydrogen-bond acceptors (Lipinski definition) is 3. The fourth-order valence-corrected chi connectivity index (χ4v) is 2.35. The van der Waals surface area contributed by atoms with E-state index >= 15 is 0 Å². The van der Waals surface area contributed by atoms with E-state index in [1.54, 1.807) is 18.3 Å². The summed E-state index contributed by atoms with van der Waals surface area (Å²) < 4.78 is 5.42. The first-order valence-electron chi connectivity index (χ1n) is 5.96. The van der Waals surface area contributed by atoms with Crippen LogP contribution in [0.4, 0.5) is 0 Å². The number of ether oxygens (including phenoxy) is 1. The molecule has 1 aromatic heterocycles. The van der Waals surface area contributed by atoms with Crippen molar-refractivity contribution < 1.29 is 9.53 Å². The number of nitrogens with zero attached hydrogens (tertiary/aromatic N) is 1. The number of hydrogen-bond donors (Lipinski definition) is 1. The summed E-state index contributed by atoms with van der Waals surface area (Å²) in [5.41, 5.74) is 2.05. The maximum atomic E-state index is 12.3. The zero-order valence-electron chi connectivity index (χ0n) is 9.77. The number of Topliss-reactive ketones (excluding diaryl/α,β-unsaturated/α-hetero) is 1.